The van der Waals surface area contributed by atoms with Gasteiger partial charge in [0, 0.05) is 35.0 Å². The van der Waals surface area contributed by atoms with E-state index in [4.69, 9.17) is 5.73 Å². The Bertz CT molecular complexity index is 1060. The second kappa shape index (κ2) is 6.57. The van der Waals surface area contributed by atoms with Gasteiger partial charge in [-0.2, -0.15) is 5.10 Å². The Morgan fingerprint density at radius 3 is 2.62 bits per heavy atom. The summed E-state index contributed by atoms with van der Waals surface area (Å²) in [6.45, 7) is 0. The Balaban J connectivity index is 1.70. The number of H-pyrrole nitrogens is 1. The maximum absolute atomic E-state index is 13.4. The van der Waals surface area contributed by atoms with Crippen molar-refractivity contribution in [1.82, 2.24) is 25.1 Å². The SMILES string of the molecule is NC(Cc1cc(F)cc(F)c1)c1ncncc1-c1cnc2[nH]ncc2c1. The van der Waals surface area contributed by atoms with Crippen LogP contribution in [-0.2, 0) is 6.42 Å². The fraction of sp³-hybridized carbons (Fsp3) is 0.111. The van der Waals surface area contributed by atoms with Crippen LogP contribution in [0.25, 0.3) is 22.2 Å². The van der Waals surface area contributed by atoms with Crippen molar-refractivity contribution in [2.75, 3.05) is 0 Å². The number of aromatic amines is 1. The molecule has 8 heteroatoms. The highest BCUT2D eigenvalue weighted by Crippen LogP contribution is 2.28. The quantitative estimate of drug-likeness (QED) is 0.589. The first kappa shape index (κ1) is 16.2. The predicted molar refractivity (Wildman–Crippen MR) is 91.9 cm³/mol. The van der Waals surface area contributed by atoms with E-state index >= 15 is 0 Å². The molecular weight excluding hydrogens is 338 g/mol. The number of fused-ring (bicyclic) bond motifs is 1. The summed E-state index contributed by atoms with van der Waals surface area (Å²) in [7, 11) is 0. The van der Waals surface area contributed by atoms with Crippen molar-refractivity contribution in [2.24, 2.45) is 5.73 Å². The molecule has 26 heavy (non-hydrogen) atoms. The van der Waals surface area contributed by atoms with Crippen molar-refractivity contribution in [3.63, 3.8) is 0 Å². The van der Waals surface area contributed by atoms with Gasteiger partial charge < -0.3 is 5.73 Å². The van der Waals surface area contributed by atoms with Crippen molar-refractivity contribution < 1.29 is 8.78 Å². The van der Waals surface area contributed by atoms with Gasteiger partial charge in [0.1, 0.15) is 18.0 Å². The molecule has 3 N–H and O–H groups in total. The lowest BCUT2D eigenvalue weighted by Crippen LogP contribution is -2.16. The molecule has 1 unspecified atom stereocenters. The molecule has 130 valence electrons. The molecule has 0 amide bonds. The smallest absolute Gasteiger partial charge is 0.155 e. The normalized spacial score (nSPS) is 12.4. The van der Waals surface area contributed by atoms with Crippen LogP contribution >= 0.6 is 0 Å². The van der Waals surface area contributed by atoms with E-state index in [0.29, 0.717) is 22.5 Å². The maximum Gasteiger partial charge on any atom is 0.155 e. The highest BCUT2D eigenvalue weighted by molar-refractivity contribution is 5.80. The minimum absolute atomic E-state index is 0.236. The molecular formula is C18H14F2N6. The molecule has 0 bridgehead atoms. The van der Waals surface area contributed by atoms with Gasteiger partial charge in [-0.25, -0.2) is 23.7 Å². The van der Waals surface area contributed by atoms with Crippen LogP contribution in [0.2, 0.25) is 0 Å². The summed E-state index contributed by atoms with van der Waals surface area (Å²) in [5, 5.41) is 7.59. The highest BCUT2D eigenvalue weighted by Gasteiger charge is 2.17. The van der Waals surface area contributed by atoms with Crippen LogP contribution in [0, 0.1) is 11.6 Å². The summed E-state index contributed by atoms with van der Waals surface area (Å²) in [5.41, 5.74) is 9.50. The summed E-state index contributed by atoms with van der Waals surface area (Å²) in [4.78, 5) is 12.7. The van der Waals surface area contributed by atoms with Gasteiger partial charge in [0.15, 0.2) is 5.65 Å². The lowest BCUT2D eigenvalue weighted by atomic mass is 9.97. The van der Waals surface area contributed by atoms with E-state index in [9.17, 15) is 8.78 Å². The largest absolute Gasteiger partial charge is 0.322 e. The minimum atomic E-state index is -0.635. The highest BCUT2D eigenvalue weighted by atomic mass is 19.1. The molecule has 0 spiro atoms. The van der Waals surface area contributed by atoms with E-state index in [1.54, 1.807) is 18.6 Å². The lowest BCUT2D eigenvalue weighted by molar-refractivity contribution is 0.575. The van der Waals surface area contributed by atoms with E-state index in [2.05, 4.69) is 25.1 Å². The molecule has 4 aromatic rings. The van der Waals surface area contributed by atoms with E-state index in [1.165, 1.54) is 18.5 Å². The number of pyridine rings is 1. The van der Waals surface area contributed by atoms with Gasteiger partial charge in [0.2, 0.25) is 0 Å². The number of halogens is 2. The average molecular weight is 352 g/mol. The Morgan fingerprint density at radius 1 is 1.00 bits per heavy atom. The molecule has 1 atom stereocenters. The van der Waals surface area contributed by atoms with Gasteiger partial charge >= 0.3 is 0 Å². The van der Waals surface area contributed by atoms with Crippen molar-refractivity contribution in [1.29, 1.82) is 0 Å². The third kappa shape index (κ3) is 3.14. The fourth-order valence-corrected chi connectivity index (χ4v) is 2.92. The molecule has 1 aromatic carbocycles. The van der Waals surface area contributed by atoms with E-state index in [0.717, 1.165) is 17.0 Å². The third-order valence-corrected chi connectivity index (χ3v) is 4.07. The molecule has 3 heterocycles. The van der Waals surface area contributed by atoms with Crippen LogP contribution in [0.4, 0.5) is 8.78 Å². The molecule has 0 aliphatic rings. The number of aromatic nitrogens is 5. The minimum Gasteiger partial charge on any atom is -0.322 e. The summed E-state index contributed by atoms with van der Waals surface area (Å²) in [6, 6.07) is 4.71. The number of nitrogens with one attached hydrogen (secondary N) is 1. The van der Waals surface area contributed by atoms with Crippen molar-refractivity contribution >= 4 is 11.0 Å². The molecule has 0 radical (unpaired) electrons. The second-order valence-corrected chi connectivity index (χ2v) is 5.94. The van der Waals surface area contributed by atoms with Gasteiger partial charge in [-0.3, -0.25) is 5.10 Å². The lowest BCUT2D eigenvalue weighted by Gasteiger charge is -2.15. The van der Waals surface area contributed by atoms with Gasteiger partial charge in [0.05, 0.1) is 17.9 Å². The zero-order chi connectivity index (χ0) is 18.1. The fourth-order valence-electron chi connectivity index (χ4n) is 2.92. The monoisotopic (exact) mass is 352 g/mol. The second-order valence-electron chi connectivity index (χ2n) is 5.94. The predicted octanol–water partition coefficient (Wildman–Crippen LogP) is 2.94. The number of hydrogen-bond donors (Lipinski definition) is 2. The number of nitrogens with two attached hydrogens (primary N) is 1. The summed E-state index contributed by atoms with van der Waals surface area (Å²) >= 11 is 0. The Morgan fingerprint density at radius 2 is 1.81 bits per heavy atom. The van der Waals surface area contributed by atoms with Crippen LogP contribution in [0.1, 0.15) is 17.3 Å². The number of nitrogens with zero attached hydrogens (tertiary/aromatic N) is 4. The van der Waals surface area contributed by atoms with Crippen molar-refractivity contribution in [3.05, 3.63) is 72.1 Å². The van der Waals surface area contributed by atoms with Crippen LogP contribution in [0.15, 0.2) is 49.2 Å². The van der Waals surface area contributed by atoms with Crippen molar-refractivity contribution in [2.45, 2.75) is 12.5 Å². The standard InChI is InChI=1S/C18H14F2N6/c19-13-1-10(2-14(20)5-13)3-16(21)17-15(8-22-9-24-17)11-4-12-7-25-26-18(12)23-6-11/h1-2,4-9,16H,3,21H2,(H,23,25,26). The Kier molecular flexibility index (Phi) is 4.10. The summed E-state index contributed by atoms with van der Waals surface area (Å²) in [6.07, 6.45) is 6.63. The zero-order valence-corrected chi connectivity index (χ0v) is 13.5. The van der Waals surface area contributed by atoms with Gasteiger partial charge in [-0.15, -0.1) is 0 Å². The number of benzene rings is 1. The first-order valence-corrected chi connectivity index (χ1v) is 7.90. The third-order valence-electron chi connectivity index (χ3n) is 4.07. The van der Waals surface area contributed by atoms with E-state index in [-0.39, 0.29) is 6.42 Å². The van der Waals surface area contributed by atoms with Crippen LogP contribution < -0.4 is 5.73 Å². The van der Waals surface area contributed by atoms with E-state index < -0.39 is 17.7 Å². The molecule has 0 saturated carbocycles. The summed E-state index contributed by atoms with van der Waals surface area (Å²) in [5.74, 6) is -1.27. The van der Waals surface area contributed by atoms with Gasteiger partial charge in [-0.1, -0.05) is 0 Å². The first-order chi connectivity index (χ1) is 12.6. The van der Waals surface area contributed by atoms with Gasteiger partial charge in [-0.05, 0) is 30.2 Å². The van der Waals surface area contributed by atoms with Crippen LogP contribution in [0.5, 0.6) is 0 Å². The number of rotatable bonds is 4. The summed E-state index contributed by atoms with van der Waals surface area (Å²) < 4.78 is 26.8. The van der Waals surface area contributed by atoms with Crippen molar-refractivity contribution in [3.8, 4) is 11.1 Å². The maximum atomic E-state index is 13.4. The molecule has 0 aliphatic carbocycles. The molecule has 3 aromatic heterocycles. The Labute approximate surface area is 147 Å². The molecule has 0 aliphatic heterocycles. The van der Waals surface area contributed by atoms with Crippen LogP contribution in [0.3, 0.4) is 0 Å². The zero-order valence-electron chi connectivity index (χ0n) is 13.5. The molecule has 6 nitrogen and oxygen atoms in total. The average Bonchev–Trinajstić information content (AvgIpc) is 3.08. The molecule has 0 fully saturated rings. The molecule has 0 saturated heterocycles. The number of hydrogen-bond acceptors (Lipinski definition) is 5. The van der Waals surface area contributed by atoms with Crippen LogP contribution in [-0.4, -0.2) is 25.1 Å². The Hall–Kier alpha value is -3.26. The van der Waals surface area contributed by atoms with E-state index in [1.807, 2.05) is 6.07 Å². The van der Waals surface area contributed by atoms with Gasteiger partial charge in [0.25, 0.3) is 0 Å². The topological polar surface area (TPSA) is 93.4 Å². The molecule has 4 rings (SSSR count). The first-order valence-electron chi connectivity index (χ1n) is 7.90.